The van der Waals surface area contributed by atoms with E-state index < -0.39 is 5.60 Å². The highest BCUT2D eigenvalue weighted by molar-refractivity contribution is 5.57. The Kier molecular flexibility index (Phi) is 5.02. The van der Waals surface area contributed by atoms with Crippen LogP contribution in [0, 0.1) is 5.82 Å². The third kappa shape index (κ3) is 3.52. The van der Waals surface area contributed by atoms with Crippen molar-refractivity contribution in [3.05, 3.63) is 71.6 Å². The van der Waals surface area contributed by atoms with Gasteiger partial charge in [-0.25, -0.2) is 4.39 Å². The minimum atomic E-state index is -1.06. The van der Waals surface area contributed by atoms with Crippen LogP contribution in [0.5, 0.6) is 5.75 Å². The SMILES string of the molecule is COc1ccccc1/C=C/CN1[C@H]2CC[C@H]1CC(O)(c1ccccc1F)C2. The summed E-state index contributed by atoms with van der Waals surface area (Å²) in [7, 11) is 1.68. The molecule has 0 aliphatic carbocycles. The van der Waals surface area contributed by atoms with Crippen molar-refractivity contribution in [2.45, 2.75) is 43.4 Å². The number of hydrogen-bond donors (Lipinski definition) is 1. The molecule has 2 aromatic rings. The zero-order valence-electron chi connectivity index (χ0n) is 15.6. The van der Waals surface area contributed by atoms with Gasteiger partial charge in [0.25, 0.3) is 0 Å². The van der Waals surface area contributed by atoms with Crippen LogP contribution in [0.25, 0.3) is 6.08 Å². The van der Waals surface area contributed by atoms with Crippen LogP contribution in [-0.4, -0.2) is 35.7 Å². The van der Waals surface area contributed by atoms with E-state index in [2.05, 4.69) is 17.1 Å². The second-order valence-electron chi connectivity index (χ2n) is 7.65. The maximum atomic E-state index is 14.3. The molecule has 4 heteroatoms. The van der Waals surface area contributed by atoms with E-state index in [1.54, 1.807) is 25.3 Å². The molecule has 142 valence electrons. The van der Waals surface area contributed by atoms with Gasteiger partial charge in [0, 0.05) is 29.8 Å². The number of para-hydroxylation sites is 1. The Morgan fingerprint density at radius 1 is 1.11 bits per heavy atom. The predicted octanol–water partition coefficient (Wildman–Crippen LogP) is 4.36. The minimum Gasteiger partial charge on any atom is -0.496 e. The van der Waals surface area contributed by atoms with Gasteiger partial charge in [0.1, 0.15) is 11.6 Å². The first-order chi connectivity index (χ1) is 13.1. The van der Waals surface area contributed by atoms with Gasteiger partial charge in [0.15, 0.2) is 0 Å². The molecule has 0 aromatic heterocycles. The van der Waals surface area contributed by atoms with Crippen molar-refractivity contribution in [3.8, 4) is 5.75 Å². The summed E-state index contributed by atoms with van der Waals surface area (Å²) in [5.41, 5.74) is 0.457. The second-order valence-corrected chi connectivity index (χ2v) is 7.65. The molecule has 0 spiro atoms. The molecule has 0 saturated carbocycles. The van der Waals surface area contributed by atoms with E-state index in [9.17, 15) is 9.50 Å². The molecule has 2 heterocycles. The third-order valence-electron chi connectivity index (χ3n) is 6.05. The Morgan fingerprint density at radius 3 is 2.48 bits per heavy atom. The van der Waals surface area contributed by atoms with Crippen LogP contribution in [0.2, 0.25) is 0 Å². The van der Waals surface area contributed by atoms with E-state index >= 15 is 0 Å². The first-order valence-corrected chi connectivity index (χ1v) is 9.63. The van der Waals surface area contributed by atoms with Crippen LogP contribution in [0.1, 0.15) is 36.8 Å². The van der Waals surface area contributed by atoms with E-state index in [1.807, 2.05) is 24.3 Å². The van der Waals surface area contributed by atoms with Crippen LogP contribution in [-0.2, 0) is 5.60 Å². The summed E-state index contributed by atoms with van der Waals surface area (Å²) in [6.45, 7) is 0.834. The fourth-order valence-corrected chi connectivity index (χ4v) is 4.78. The van der Waals surface area contributed by atoms with Crippen LogP contribution in [0.4, 0.5) is 4.39 Å². The van der Waals surface area contributed by atoms with E-state index in [0.717, 1.165) is 30.7 Å². The quantitative estimate of drug-likeness (QED) is 0.852. The topological polar surface area (TPSA) is 32.7 Å². The maximum absolute atomic E-state index is 14.3. The number of halogens is 1. The second kappa shape index (κ2) is 7.45. The van der Waals surface area contributed by atoms with Crippen molar-refractivity contribution in [1.82, 2.24) is 4.90 Å². The van der Waals surface area contributed by atoms with Crippen LogP contribution in [0.15, 0.2) is 54.6 Å². The van der Waals surface area contributed by atoms with Gasteiger partial charge in [-0.15, -0.1) is 0 Å². The molecular weight excluding hydrogens is 341 g/mol. The molecule has 2 aromatic carbocycles. The van der Waals surface area contributed by atoms with Crippen molar-refractivity contribution in [3.63, 3.8) is 0 Å². The van der Waals surface area contributed by atoms with Gasteiger partial charge in [-0.05, 0) is 37.8 Å². The van der Waals surface area contributed by atoms with Gasteiger partial charge in [-0.3, -0.25) is 4.90 Å². The number of nitrogens with zero attached hydrogens (tertiary/aromatic N) is 1. The molecule has 0 radical (unpaired) electrons. The van der Waals surface area contributed by atoms with Crippen LogP contribution in [0.3, 0.4) is 0 Å². The maximum Gasteiger partial charge on any atom is 0.129 e. The summed E-state index contributed by atoms with van der Waals surface area (Å²) in [5, 5.41) is 11.2. The Bertz CT molecular complexity index is 821. The molecular formula is C23H26FNO2. The van der Waals surface area contributed by atoms with Gasteiger partial charge in [0.2, 0.25) is 0 Å². The van der Waals surface area contributed by atoms with Gasteiger partial charge in [-0.1, -0.05) is 48.6 Å². The molecule has 2 aliphatic heterocycles. The fraction of sp³-hybridized carbons (Fsp3) is 0.391. The molecule has 1 N–H and O–H groups in total. The number of fused-ring (bicyclic) bond motifs is 2. The van der Waals surface area contributed by atoms with Gasteiger partial charge in [-0.2, -0.15) is 0 Å². The van der Waals surface area contributed by atoms with Crippen molar-refractivity contribution >= 4 is 6.08 Å². The van der Waals surface area contributed by atoms with Crippen molar-refractivity contribution in [2.24, 2.45) is 0 Å². The van der Waals surface area contributed by atoms with Crippen molar-refractivity contribution < 1.29 is 14.2 Å². The average molecular weight is 367 g/mol. The molecule has 4 rings (SSSR count). The summed E-state index contributed by atoms with van der Waals surface area (Å²) < 4.78 is 19.7. The molecule has 2 atom stereocenters. The van der Waals surface area contributed by atoms with Gasteiger partial charge < -0.3 is 9.84 Å². The van der Waals surface area contributed by atoms with E-state index in [4.69, 9.17) is 4.74 Å². The fourth-order valence-electron chi connectivity index (χ4n) is 4.78. The van der Waals surface area contributed by atoms with E-state index in [0.29, 0.717) is 18.4 Å². The summed E-state index contributed by atoms with van der Waals surface area (Å²) in [6.07, 6.45) is 7.56. The monoisotopic (exact) mass is 367 g/mol. The minimum absolute atomic E-state index is 0.288. The molecule has 2 fully saturated rings. The first-order valence-electron chi connectivity index (χ1n) is 9.63. The Balaban J connectivity index is 1.47. The van der Waals surface area contributed by atoms with Crippen molar-refractivity contribution in [1.29, 1.82) is 0 Å². The summed E-state index contributed by atoms with van der Waals surface area (Å²) in [4.78, 5) is 2.46. The number of benzene rings is 2. The lowest BCUT2D eigenvalue weighted by Crippen LogP contribution is -2.49. The smallest absolute Gasteiger partial charge is 0.129 e. The third-order valence-corrected chi connectivity index (χ3v) is 6.05. The molecule has 27 heavy (non-hydrogen) atoms. The van der Waals surface area contributed by atoms with Crippen molar-refractivity contribution in [2.75, 3.05) is 13.7 Å². The molecule has 2 bridgehead atoms. The molecule has 3 nitrogen and oxygen atoms in total. The lowest BCUT2D eigenvalue weighted by atomic mass is 9.80. The predicted molar refractivity (Wildman–Crippen MR) is 105 cm³/mol. The average Bonchev–Trinajstić information content (AvgIpc) is 2.93. The van der Waals surface area contributed by atoms with E-state index in [1.165, 1.54) is 6.07 Å². The van der Waals surface area contributed by atoms with Gasteiger partial charge >= 0.3 is 0 Å². The normalized spacial score (nSPS) is 28.0. The lowest BCUT2D eigenvalue weighted by molar-refractivity contribution is -0.0557. The highest BCUT2D eigenvalue weighted by atomic mass is 19.1. The highest BCUT2D eigenvalue weighted by Crippen LogP contribution is 2.46. The Morgan fingerprint density at radius 2 is 1.78 bits per heavy atom. The van der Waals surface area contributed by atoms with Gasteiger partial charge in [0.05, 0.1) is 12.7 Å². The zero-order chi connectivity index (χ0) is 18.9. The van der Waals surface area contributed by atoms with E-state index in [-0.39, 0.29) is 17.9 Å². The number of aliphatic hydroxyl groups is 1. The standard InChI is InChI=1S/C23H26FNO2/c1-27-22-11-5-2-7-17(22)8-6-14-25-18-12-13-19(25)16-23(26,15-18)20-9-3-4-10-21(20)24/h2-11,18-19,26H,12-16H2,1H3/b8-6+/t18-,19-/m0/s1. The number of methoxy groups -OCH3 is 1. The van der Waals surface area contributed by atoms with Crippen LogP contribution < -0.4 is 4.74 Å². The summed E-state index contributed by atoms with van der Waals surface area (Å²) in [5.74, 6) is 0.563. The largest absolute Gasteiger partial charge is 0.496 e. The lowest BCUT2D eigenvalue weighted by Gasteiger charge is -2.43. The van der Waals surface area contributed by atoms with Crippen LogP contribution >= 0.6 is 0 Å². The zero-order valence-corrected chi connectivity index (χ0v) is 15.6. The molecule has 2 aliphatic rings. The molecule has 0 unspecified atom stereocenters. The summed E-state index contributed by atoms with van der Waals surface area (Å²) in [6, 6.07) is 15.2. The number of hydrogen-bond acceptors (Lipinski definition) is 3. The number of piperidine rings is 1. The Labute approximate surface area is 160 Å². The Hall–Kier alpha value is -2.17. The number of rotatable bonds is 5. The first kappa shape index (κ1) is 18.2. The highest BCUT2D eigenvalue weighted by Gasteiger charge is 2.48. The summed E-state index contributed by atoms with van der Waals surface area (Å²) >= 11 is 0. The molecule has 0 amide bonds. The molecule has 2 saturated heterocycles. The number of ether oxygens (including phenoxy) is 1.